The maximum absolute atomic E-state index is 13.6. The summed E-state index contributed by atoms with van der Waals surface area (Å²) in [6.45, 7) is 2.15. The van der Waals surface area contributed by atoms with Crippen molar-refractivity contribution in [3.63, 3.8) is 0 Å². The van der Waals surface area contributed by atoms with E-state index in [0.29, 0.717) is 23.8 Å². The summed E-state index contributed by atoms with van der Waals surface area (Å²) in [5.74, 6) is 0.859. The Morgan fingerprint density at radius 3 is 2.64 bits per heavy atom. The molecule has 0 aromatic heterocycles. The van der Waals surface area contributed by atoms with Gasteiger partial charge in [-0.05, 0) is 78.9 Å². The van der Waals surface area contributed by atoms with Gasteiger partial charge in [0.05, 0.1) is 23.3 Å². The van der Waals surface area contributed by atoms with Crippen molar-refractivity contribution in [2.24, 2.45) is 17.3 Å². The molecular weight excluding hydrogens is 327 g/mol. The lowest BCUT2D eigenvalue weighted by molar-refractivity contribution is -0.138. The molecule has 0 bridgehead atoms. The van der Waals surface area contributed by atoms with Crippen molar-refractivity contribution in [1.29, 1.82) is 5.26 Å². The highest BCUT2D eigenvalue weighted by atomic mass is 19.4. The van der Waals surface area contributed by atoms with Gasteiger partial charge in [-0.25, -0.2) is 0 Å². The van der Waals surface area contributed by atoms with Crippen molar-refractivity contribution < 1.29 is 18.3 Å². The zero-order valence-corrected chi connectivity index (χ0v) is 14.2. The van der Waals surface area contributed by atoms with Gasteiger partial charge in [0.15, 0.2) is 0 Å². The van der Waals surface area contributed by atoms with Gasteiger partial charge in [0.1, 0.15) is 0 Å². The molecule has 2 nitrogen and oxygen atoms in total. The van der Waals surface area contributed by atoms with Gasteiger partial charge in [-0.3, -0.25) is 0 Å². The van der Waals surface area contributed by atoms with Crippen LogP contribution in [0.15, 0.2) is 12.1 Å². The van der Waals surface area contributed by atoms with Gasteiger partial charge in [0.25, 0.3) is 0 Å². The molecule has 4 rings (SSSR count). The minimum absolute atomic E-state index is 0.0852. The molecule has 0 spiro atoms. The monoisotopic (exact) mass is 349 g/mol. The molecule has 134 valence electrons. The molecule has 0 heterocycles. The number of nitrogens with zero attached hydrogens (tertiary/aromatic N) is 1. The quantitative estimate of drug-likeness (QED) is 0.731. The number of hydrogen-bond donors (Lipinski definition) is 1. The van der Waals surface area contributed by atoms with Crippen LogP contribution in [0, 0.1) is 28.6 Å². The highest BCUT2D eigenvalue weighted by Gasteiger charge is 2.55. The third-order valence-corrected chi connectivity index (χ3v) is 7.27. The van der Waals surface area contributed by atoms with E-state index in [9.17, 15) is 18.3 Å². The number of benzene rings is 1. The van der Waals surface area contributed by atoms with Crippen molar-refractivity contribution in [2.45, 2.75) is 63.6 Å². The van der Waals surface area contributed by atoms with Crippen molar-refractivity contribution in [3.8, 4) is 6.07 Å². The predicted molar refractivity (Wildman–Crippen MR) is 86.8 cm³/mol. The number of aliphatic hydroxyl groups is 1. The SMILES string of the molecule is C[C@]12CCC3c4ccc(C#N)c(C(F)(F)F)c4CCC3C1CC[C@@H]2O. The van der Waals surface area contributed by atoms with Gasteiger partial charge >= 0.3 is 6.18 Å². The molecular formula is C20H22F3NO. The summed E-state index contributed by atoms with van der Waals surface area (Å²) in [6.07, 6.45) is -0.213. The summed E-state index contributed by atoms with van der Waals surface area (Å²) in [7, 11) is 0. The Balaban J connectivity index is 1.79. The topological polar surface area (TPSA) is 44.0 Å². The summed E-state index contributed by atoms with van der Waals surface area (Å²) in [5, 5.41) is 19.5. The molecule has 3 unspecified atom stereocenters. The first-order valence-electron chi connectivity index (χ1n) is 9.08. The van der Waals surface area contributed by atoms with Crippen LogP contribution >= 0.6 is 0 Å². The molecule has 3 aliphatic rings. The molecule has 0 aliphatic heterocycles. The smallest absolute Gasteiger partial charge is 0.393 e. The molecule has 5 heteroatoms. The highest BCUT2D eigenvalue weighted by molar-refractivity contribution is 5.51. The largest absolute Gasteiger partial charge is 0.417 e. The van der Waals surface area contributed by atoms with E-state index < -0.39 is 11.7 Å². The summed E-state index contributed by atoms with van der Waals surface area (Å²) in [5.41, 5.74) is 0.0753. The molecule has 1 aromatic rings. The van der Waals surface area contributed by atoms with Crippen molar-refractivity contribution in [2.75, 3.05) is 0 Å². The van der Waals surface area contributed by atoms with Gasteiger partial charge in [-0.2, -0.15) is 18.4 Å². The van der Waals surface area contributed by atoms with Crippen LogP contribution in [0.4, 0.5) is 13.2 Å². The molecule has 3 aliphatic carbocycles. The molecule has 2 fully saturated rings. The highest BCUT2D eigenvalue weighted by Crippen LogP contribution is 2.61. The molecule has 5 atom stereocenters. The fraction of sp³-hybridized carbons (Fsp3) is 0.650. The van der Waals surface area contributed by atoms with E-state index in [1.165, 1.54) is 6.07 Å². The van der Waals surface area contributed by atoms with Crippen LogP contribution < -0.4 is 0 Å². The second kappa shape index (κ2) is 5.48. The Morgan fingerprint density at radius 1 is 1.20 bits per heavy atom. The Labute approximate surface area is 145 Å². The minimum Gasteiger partial charge on any atom is -0.393 e. The Morgan fingerprint density at radius 2 is 1.96 bits per heavy atom. The predicted octanol–water partition coefficient (Wildman–Crippen LogP) is 4.79. The van der Waals surface area contributed by atoms with Crippen LogP contribution in [-0.4, -0.2) is 11.2 Å². The number of aliphatic hydroxyl groups excluding tert-OH is 1. The third-order valence-electron chi connectivity index (χ3n) is 7.27. The van der Waals surface area contributed by atoms with Crippen LogP contribution in [0.25, 0.3) is 0 Å². The van der Waals surface area contributed by atoms with Crippen LogP contribution in [0.3, 0.4) is 0 Å². The fourth-order valence-corrected chi connectivity index (χ4v) is 6.06. The molecule has 0 radical (unpaired) electrons. The van der Waals surface area contributed by atoms with E-state index in [2.05, 4.69) is 6.92 Å². The first kappa shape index (κ1) is 16.9. The van der Waals surface area contributed by atoms with Gasteiger partial charge in [0.2, 0.25) is 0 Å². The number of alkyl halides is 3. The lowest BCUT2D eigenvalue weighted by Crippen LogP contribution is -2.44. The zero-order valence-electron chi connectivity index (χ0n) is 14.2. The van der Waals surface area contributed by atoms with Crippen LogP contribution in [0.5, 0.6) is 0 Å². The number of nitriles is 1. The Bertz CT molecular complexity index is 751. The van der Waals surface area contributed by atoms with E-state index in [-0.39, 0.29) is 23.0 Å². The van der Waals surface area contributed by atoms with Crippen molar-refractivity contribution in [3.05, 3.63) is 34.4 Å². The van der Waals surface area contributed by atoms with E-state index >= 15 is 0 Å². The van der Waals surface area contributed by atoms with E-state index in [1.54, 1.807) is 12.1 Å². The standard InChI is InChI=1S/C20H22F3NO/c1-19-9-8-13-12-3-2-11(10-24)18(20(21,22)23)15(12)5-4-14(13)16(19)6-7-17(19)25/h2-3,13-14,16-17,25H,4-9H2,1H3/t13?,14?,16?,17-,19-/m0/s1. The minimum atomic E-state index is -4.49. The summed E-state index contributed by atoms with van der Waals surface area (Å²) in [4.78, 5) is 0. The Hall–Kier alpha value is -1.54. The molecule has 0 saturated heterocycles. The van der Waals surface area contributed by atoms with Crippen LogP contribution in [0.1, 0.15) is 67.2 Å². The van der Waals surface area contributed by atoms with E-state index in [1.807, 2.05) is 0 Å². The van der Waals surface area contributed by atoms with Crippen LogP contribution in [-0.2, 0) is 12.6 Å². The maximum atomic E-state index is 13.6. The third kappa shape index (κ3) is 2.33. The average molecular weight is 349 g/mol. The second-order valence-electron chi connectivity index (χ2n) is 8.22. The first-order valence-corrected chi connectivity index (χ1v) is 9.08. The number of rotatable bonds is 0. The van der Waals surface area contributed by atoms with Gasteiger partial charge in [-0.1, -0.05) is 13.0 Å². The lowest BCUT2D eigenvalue weighted by atomic mass is 9.55. The molecule has 1 aromatic carbocycles. The average Bonchev–Trinajstić information content (AvgIpc) is 2.87. The molecule has 0 amide bonds. The normalized spacial score (nSPS) is 37.0. The first-order chi connectivity index (χ1) is 11.8. The van der Waals surface area contributed by atoms with Gasteiger partial charge < -0.3 is 5.11 Å². The zero-order chi connectivity index (χ0) is 18.0. The van der Waals surface area contributed by atoms with Crippen molar-refractivity contribution in [1.82, 2.24) is 0 Å². The molecule has 25 heavy (non-hydrogen) atoms. The number of fused-ring (bicyclic) bond motifs is 5. The maximum Gasteiger partial charge on any atom is 0.417 e. The Kier molecular flexibility index (Phi) is 3.70. The molecule has 1 N–H and O–H groups in total. The van der Waals surface area contributed by atoms with Gasteiger partial charge in [0, 0.05) is 0 Å². The van der Waals surface area contributed by atoms with E-state index in [4.69, 9.17) is 5.26 Å². The second-order valence-corrected chi connectivity index (χ2v) is 8.22. The number of halogens is 3. The lowest BCUT2D eigenvalue weighted by Gasteiger charge is -2.50. The summed E-state index contributed by atoms with van der Waals surface area (Å²) >= 11 is 0. The van der Waals surface area contributed by atoms with E-state index in [0.717, 1.165) is 37.7 Å². The molecule has 2 saturated carbocycles. The summed E-state index contributed by atoms with van der Waals surface area (Å²) < 4.78 is 40.8. The van der Waals surface area contributed by atoms with Crippen LogP contribution in [0.2, 0.25) is 0 Å². The van der Waals surface area contributed by atoms with Gasteiger partial charge in [-0.15, -0.1) is 0 Å². The van der Waals surface area contributed by atoms with Crippen molar-refractivity contribution >= 4 is 0 Å². The summed E-state index contributed by atoms with van der Waals surface area (Å²) in [6, 6.07) is 4.83. The fourth-order valence-electron chi connectivity index (χ4n) is 6.06. The number of hydrogen-bond acceptors (Lipinski definition) is 2.